The van der Waals surface area contributed by atoms with Crippen molar-refractivity contribution in [1.82, 2.24) is 24.1 Å². The van der Waals surface area contributed by atoms with E-state index in [9.17, 15) is 12.8 Å². The van der Waals surface area contributed by atoms with Crippen molar-refractivity contribution in [2.24, 2.45) is 0 Å². The lowest BCUT2D eigenvalue weighted by molar-refractivity contribution is 0.578. The molecule has 1 aliphatic carbocycles. The topological polar surface area (TPSA) is 115 Å². The van der Waals surface area contributed by atoms with Crippen LogP contribution in [-0.4, -0.2) is 43.8 Å². The smallest absolute Gasteiger partial charge is 0.256 e. The van der Waals surface area contributed by atoms with Crippen LogP contribution in [0.2, 0.25) is 0 Å². The zero-order valence-corrected chi connectivity index (χ0v) is 16.7. The highest BCUT2D eigenvalue weighted by Gasteiger charge is 2.37. The molecule has 9 nitrogen and oxygen atoms in total. The zero-order chi connectivity index (χ0) is 20.6. The summed E-state index contributed by atoms with van der Waals surface area (Å²) in [6.45, 7) is 3.82. The van der Waals surface area contributed by atoms with Crippen LogP contribution in [0, 0.1) is 5.82 Å². The molecule has 4 rings (SSSR count). The van der Waals surface area contributed by atoms with Crippen molar-refractivity contribution in [2.45, 2.75) is 38.0 Å². The molecule has 0 spiro atoms. The standard InChI is InChI=1S/C18H20FN7O2S/c1-11(2)23-15-7-17(21-9-14(15)19)24-16-5-6-20-18(25-16)12-8-22-26(10-12)29(27,28)13-3-4-13/h5-11,13H,3-4H2,1-2H3,(H2,20,21,23,24,25). The molecule has 0 aromatic carbocycles. The third-order valence-electron chi connectivity index (χ3n) is 4.24. The first-order valence-corrected chi connectivity index (χ1v) is 10.6. The third kappa shape index (κ3) is 4.19. The van der Waals surface area contributed by atoms with Crippen molar-refractivity contribution in [1.29, 1.82) is 0 Å². The quantitative estimate of drug-likeness (QED) is 0.603. The number of nitrogens with zero attached hydrogens (tertiary/aromatic N) is 5. The predicted molar refractivity (Wildman–Crippen MR) is 107 cm³/mol. The summed E-state index contributed by atoms with van der Waals surface area (Å²) in [4.78, 5) is 12.6. The van der Waals surface area contributed by atoms with E-state index < -0.39 is 15.8 Å². The Kier molecular flexibility index (Phi) is 4.91. The average molecular weight is 417 g/mol. The minimum atomic E-state index is -3.45. The van der Waals surface area contributed by atoms with Gasteiger partial charge in [-0.05, 0) is 32.8 Å². The largest absolute Gasteiger partial charge is 0.380 e. The average Bonchev–Trinajstić information content (AvgIpc) is 3.42. The number of hydrogen-bond donors (Lipinski definition) is 2. The lowest BCUT2D eigenvalue weighted by atomic mass is 10.3. The van der Waals surface area contributed by atoms with Gasteiger partial charge in [0.1, 0.15) is 11.6 Å². The molecular formula is C18H20FN7O2S. The molecule has 0 unspecified atom stereocenters. The summed E-state index contributed by atoms with van der Waals surface area (Å²) in [7, 11) is -3.45. The van der Waals surface area contributed by atoms with Crippen molar-refractivity contribution in [2.75, 3.05) is 10.6 Å². The van der Waals surface area contributed by atoms with E-state index in [-0.39, 0.29) is 11.3 Å². The van der Waals surface area contributed by atoms with E-state index in [4.69, 9.17) is 0 Å². The van der Waals surface area contributed by atoms with Crippen LogP contribution in [0.5, 0.6) is 0 Å². The van der Waals surface area contributed by atoms with Gasteiger partial charge in [0, 0.05) is 18.3 Å². The van der Waals surface area contributed by atoms with Gasteiger partial charge in [0.2, 0.25) is 0 Å². The van der Waals surface area contributed by atoms with Crippen LogP contribution in [0.15, 0.2) is 36.9 Å². The van der Waals surface area contributed by atoms with E-state index in [1.54, 1.807) is 12.1 Å². The Bertz CT molecular complexity index is 1140. The molecule has 3 heterocycles. The highest BCUT2D eigenvalue weighted by atomic mass is 32.2. The highest BCUT2D eigenvalue weighted by molar-refractivity contribution is 7.90. The van der Waals surface area contributed by atoms with Crippen molar-refractivity contribution >= 4 is 27.3 Å². The summed E-state index contributed by atoms with van der Waals surface area (Å²) in [5.41, 5.74) is 0.811. The maximum absolute atomic E-state index is 13.9. The van der Waals surface area contributed by atoms with Crippen molar-refractivity contribution in [3.63, 3.8) is 0 Å². The minimum Gasteiger partial charge on any atom is -0.380 e. The highest BCUT2D eigenvalue weighted by Crippen LogP contribution is 2.30. The van der Waals surface area contributed by atoms with Crippen LogP contribution in [0.1, 0.15) is 26.7 Å². The van der Waals surface area contributed by atoms with E-state index in [1.165, 1.54) is 18.6 Å². The van der Waals surface area contributed by atoms with Gasteiger partial charge in [-0.25, -0.2) is 27.8 Å². The van der Waals surface area contributed by atoms with Crippen molar-refractivity contribution in [3.05, 3.63) is 42.7 Å². The van der Waals surface area contributed by atoms with E-state index in [1.807, 2.05) is 13.8 Å². The summed E-state index contributed by atoms with van der Waals surface area (Å²) in [6, 6.07) is 3.25. The number of halogens is 1. The second-order valence-electron chi connectivity index (χ2n) is 7.08. The van der Waals surface area contributed by atoms with Gasteiger partial charge >= 0.3 is 0 Å². The number of anilines is 3. The predicted octanol–water partition coefficient (Wildman–Crippen LogP) is 2.78. The molecule has 29 heavy (non-hydrogen) atoms. The molecule has 1 fully saturated rings. The van der Waals surface area contributed by atoms with Crippen LogP contribution in [0.25, 0.3) is 11.4 Å². The number of pyridine rings is 1. The Hall–Kier alpha value is -3.08. The van der Waals surface area contributed by atoms with E-state index in [2.05, 4.69) is 30.7 Å². The van der Waals surface area contributed by atoms with Crippen LogP contribution in [-0.2, 0) is 10.0 Å². The third-order valence-corrected chi connectivity index (χ3v) is 6.27. The van der Waals surface area contributed by atoms with Gasteiger partial charge in [0.05, 0.1) is 35.1 Å². The maximum atomic E-state index is 13.9. The Morgan fingerprint density at radius 1 is 1.21 bits per heavy atom. The molecule has 152 valence electrons. The van der Waals surface area contributed by atoms with Crippen molar-refractivity contribution < 1.29 is 12.8 Å². The number of hydrogen-bond acceptors (Lipinski definition) is 8. The molecule has 11 heteroatoms. The monoisotopic (exact) mass is 417 g/mol. The number of nitrogens with one attached hydrogen (secondary N) is 2. The molecular weight excluding hydrogens is 397 g/mol. The summed E-state index contributed by atoms with van der Waals surface area (Å²) in [5, 5.41) is 9.61. The Labute approximate surface area is 167 Å². The molecule has 1 saturated carbocycles. The van der Waals surface area contributed by atoms with Crippen LogP contribution < -0.4 is 10.6 Å². The van der Waals surface area contributed by atoms with Gasteiger partial charge in [-0.15, -0.1) is 0 Å². The summed E-state index contributed by atoms with van der Waals surface area (Å²) < 4.78 is 39.4. The van der Waals surface area contributed by atoms with Gasteiger partial charge in [-0.2, -0.15) is 9.19 Å². The maximum Gasteiger partial charge on any atom is 0.256 e. The minimum absolute atomic E-state index is 0.0638. The van der Waals surface area contributed by atoms with E-state index in [0.29, 0.717) is 41.6 Å². The summed E-state index contributed by atoms with van der Waals surface area (Å²) in [5.74, 6) is 0.709. The van der Waals surface area contributed by atoms with Crippen molar-refractivity contribution in [3.8, 4) is 11.4 Å². The fraction of sp³-hybridized carbons (Fsp3) is 0.333. The molecule has 2 N–H and O–H groups in total. The van der Waals surface area contributed by atoms with Crippen LogP contribution in [0.4, 0.5) is 21.7 Å². The van der Waals surface area contributed by atoms with Gasteiger partial charge in [-0.3, -0.25) is 0 Å². The normalized spacial score (nSPS) is 14.2. The number of rotatable bonds is 7. The molecule has 0 amide bonds. The van der Waals surface area contributed by atoms with Gasteiger partial charge < -0.3 is 10.6 Å². The second kappa shape index (κ2) is 7.39. The first-order chi connectivity index (χ1) is 13.8. The fourth-order valence-electron chi connectivity index (χ4n) is 2.71. The van der Waals surface area contributed by atoms with Gasteiger partial charge in [0.25, 0.3) is 10.0 Å². The molecule has 1 aliphatic rings. The van der Waals surface area contributed by atoms with E-state index in [0.717, 1.165) is 10.3 Å². The van der Waals surface area contributed by atoms with E-state index >= 15 is 0 Å². The van der Waals surface area contributed by atoms with Crippen LogP contribution in [0.3, 0.4) is 0 Å². The van der Waals surface area contributed by atoms with Gasteiger partial charge in [0.15, 0.2) is 11.6 Å². The molecule has 0 aliphatic heterocycles. The summed E-state index contributed by atoms with van der Waals surface area (Å²) >= 11 is 0. The Balaban J connectivity index is 1.56. The molecule has 0 radical (unpaired) electrons. The number of aromatic nitrogens is 5. The summed E-state index contributed by atoms with van der Waals surface area (Å²) in [6.07, 6.45) is 6.81. The lowest BCUT2D eigenvalue weighted by Gasteiger charge is -2.12. The first-order valence-electron chi connectivity index (χ1n) is 9.14. The molecule has 0 bridgehead atoms. The molecule has 3 aromatic heterocycles. The lowest BCUT2D eigenvalue weighted by Crippen LogP contribution is -2.17. The fourth-order valence-corrected chi connectivity index (χ4v) is 4.18. The van der Waals surface area contributed by atoms with Crippen LogP contribution >= 0.6 is 0 Å². The Morgan fingerprint density at radius 2 is 2.00 bits per heavy atom. The SMILES string of the molecule is CC(C)Nc1cc(Nc2ccnc(-c3cnn(S(=O)(=O)C4CC4)c3)n2)ncc1F. The Morgan fingerprint density at radius 3 is 2.72 bits per heavy atom. The van der Waals surface area contributed by atoms with Gasteiger partial charge in [-0.1, -0.05) is 0 Å². The zero-order valence-electron chi connectivity index (χ0n) is 15.9. The first kappa shape index (κ1) is 19.2. The second-order valence-corrected chi connectivity index (χ2v) is 9.16. The molecule has 3 aromatic rings. The molecule has 0 atom stereocenters. The molecule has 0 saturated heterocycles.